The van der Waals surface area contributed by atoms with Crippen molar-refractivity contribution < 1.29 is 23.8 Å². The molecule has 2 amide bonds. The van der Waals surface area contributed by atoms with Crippen LogP contribution in [0, 0.1) is 11.7 Å². The molecule has 2 aromatic carbocycles. The summed E-state index contributed by atoms with van der Waals surface area (Å²) in [7, 11) is 0. The molecule has 1 heterocycles. The highest BCUT2D eigenvalue weighted by Crippen LogP contribution is 2.32. The lowest BCUT2D eigenvalue weighted by atomic mass is 10.1. The third-order valence-electron chi connectivity index (χ3n) is 4.50. The van der Waals surface area contributed by atoms with Crippen LogP contribution in [-0.4, -0.2) is 48.1 Å². The van der Waals surface area contributed by atoms with E-state index in [1.165, 1.54) is 12.1 Å². The Balaban J connectivity index is 1.83. The van der Waals surface area contributed by atoms with Gasteiger partial charge in [0, 0.05) is 19.0 Å². The molecule has 28 heavy (non-hydrogen) atoms. The third kappa shape index (κ3) is 4.67. The zero-order chi connectivity index (χ0) is 20.1. The minimum absolute atomic E-state index is 0.0743. The number of nitrogens with one attached hydrogen (secondary N) is 1. The van der Waals surface area contributed by atoms with Crippen molar-refractivity contribution >= 4 is 17.5 Å². The minimum atomic E-state index is -0.359. The average Bonchev–Trinajstić information content (AvgIpc) is 2.67. The maximum Gasteiger partial charge on any atom is 0.257 e. The molecular weight excluding hydrogens is 363 g/mol. The number of ether oxygens (including phenoxy) is 1. The van der Waals surface area contributed by atoms with Crippen molar-refractivity contribution in [1.29, 1.82) is 0 Å². The number of β-amino-alcohol motifs (C(OH)–C–C–N with tert-alkyl or cyclic N) is 1. The Kier molecular flexibility index (Phi) is 6.26. The number of fused-ring (bicyclic) bond motifs is 1. The SMILES string of the molecule is C[C@H]1COc2c(NC(=O)Cc3ccc(F)cc3)cccc2C(=O)N(CCO)C1. The molecule has 0 radical (unpaired) electrons. The quantitative estimate of drug-likeness (QED) is 0.828. The molecule has 1 atom stereocenters. The van der Waals surface area contributed by atoms with E-state index in [4.69, 9.17) is 4.74 Å². The first-order valence-corrected chi connectivity index (χ1v) is 9.18. The molecule has 0 spiro atoms. The number of benzene rings is 2. The number of aliphatic hydroxyl groups excluding tert-OH is 1. The van der Waals surface area contributed by atoms with Gasteiger partial charge in [0.05, 0.1) is 30.9 Å². The van der Waals surface area contributed by atoms with Crippen molar-refractivity contribution in [2.24, 2.45) is 5.92 Å². The van der Waals surface area contributed by atoms with Crippen LogP contribution in [0.3, 0.4) is 0 Å². The van der Waals surface area contributed by atoms with E-state index in [2.05, 4.69) is 5.32 Å². The molecule has 0 saturated carbocycles. The van der Waals surface area contributed by atoms with Gasteiger partial charge in [0.1, 0.15) is 5.82 Å². The number of carbonyl (C=O) groups excluding carboxylic acids is 2. The smallest absolute Gasteiger partial charge is 0.257 e. The summed E-state index contributed by atoms with van der Waals surface area (Å²) in [5.74, 6) is -0.494. The number of halogens is 1. The summed E-state index contributed by atoms with van der Waals surface area (Å²) in [6, 6.07) is 10.7. The maximum atomic E-state index is 13.0. The molecular formula is C21H23FN2O4. The molecule has 1 aliphatic rings. The van der Waals surface area contributed by atoms with E-state index in [0.29, 0.717) is 35.7 Å². The van der Waals surface area contributed by atoms with Gasteiger partial charge in [-0.1, -0.05) is 25.1 Å². The van der Waals surface area contributed by atoms with Crippen LogP contribution in [-0.2, 0) is 11.2 Å². The van der Waals surface area contributed by atoms with Crippen LogP contribution in [0.1, 0.15) is 22.8 Å². The Bertz CT molecular complexity index is 854. The predicted molar refractivity (Wildman–Crippen MR) is 103 cm³/mol. The summed E-state index contributed by atoms with van der Waals surface area (Å²) in [6.07, 6.45) is 0.0743. The number of hydrogen-bond donors (Lipinski definition) is 2. The van der Waals surface area contributed by atoms with Crippen molar-refractivity contribution in [3.63, 3.8) is 0 Å². The lowest BCUT2D eigenvalue weighted by Crippen LogP contribution is -2.40. The summed E-state index contributed by atoms with van der Waals surface area (Å²) in [5, 5.41) is 12.0. The Morgan fingerprint density at radius 1 is 1.29 bits per heavy atom. The first-order valence-electron chi connectivity index (χ1n) is 9.18. The number of carbonyl (C=O) groups is 2. The first-order chi connectivity index (χ1) is 13.5. The van der Waals surface area contributed by atoms with Crippen LogP contribution in [0.2, 0.25) is 0 Å². The molecule has 0 unspecified atom stereocenters. The number of amides is 2. The van der Waals surface area contributed by atoms with E-state index in [9.17, 15) is 19.1 Å². The standard InChI is InChI=1S/C21H23FN2O4/c1-14-12-24(9-10-25)21(27)17-3-2-4-18(20(17)28-13-14)23-19(26)11-15-5-7-16(22)8-6-15/h2-8,14,25H,9-13H2,1H3,(H,23,26)/t14-/m1/s1. The molecule has 0 saturated heterocycles. The number of nitrogens with zero attached hydrogens (tertiary/aromatic N) is 1. The molecule has 0 bridgehead atoms. The van der Waals surface area contributed by atoms with E-state index in [1.807, 2.05) is 6.92 Å². The van der Waals surface area contributed by atoms with Gasteiger partial charge in [0.2, 0.25) is 5.91 Å². The second-order valence-corrected chi connectivity index (χ2v) is 6.92. The van der Waals surface area contributed by atoms with Gasteiger partial charge in [-0.2, -0.15) is 0 Å². The van der Waals surface area contributed by atoms with Gasteiger partial charge in [-0.25, -0.2) is 4.39 Å². The summed E-state index contributed by atoms with van der Waals surface area (Å²) in [6.45, 7) is 2.94. The zero-order valence-electron chi connectivity index (χ0n) is 15.7. The lowest BCUT2D eigenvalue weighted by molar-refractivity contribution is -0.115. The number of aliphatic hydroxyl groups is 1. The molecule has 6 nitrogen and oxygen atoms in total. The van der Waals surface area contributed by atoms with Crippen LogP contribution < -0.4 is 10.1 Å². The van der Waals surface area contributed by atoms with Gasteiger partial charge in [-0.15, -0.1) is 0 Å². The Morgan fingerprint density at radius 2 is 2.04 bits per heavy atom. The predicted octanol–water partition coefficient (Wildman–Crippen LogP) is 2.47. The average molecular weight is 386 g/mol. The van der Waals surface area contributed by atoms with Gasteiger partial charge in [0.25, 0.3) is 5.91 Å². The Hall–Kier alpha value is -2.93. The maximum absolute atomic E-state index is 13.0. The van der Waals surface area contributed by atoms with Crippen LogP contribution in [0.5, 0.6) is 5.75 Å². The highest BCUT2D eigenvalue weighted by molar-refractivity contribution is 6.01. The molecule has 7 heteroatoms. The number of para-hydroxylation sites is 1. The van der Waals surface area contributed by atoms with Crippen molar-refractivity contribution in [2.45, 2.75) is 13.3 Å². The van der Waals surface area contributed by atoms with Crippen LogP contribution >= 0.6 is 0 Å². The van der Waals surface area contributed by atoms with E-state index >= 15 is 0 Å². The van der Waals surface area contributed by atoms with Crippen molar-refractivity contribution in [2.75, 3.05) is 31.6 Å². The molecule has 0 aromatic heterocycles. The van der Waals surface area contributed by atoms with Gasteiger partial charge < -0.3 is 20.1 Å². The molecule has 0 aliphatic carbocycles. The second kappa shape index (κ2) is 8.84. The topological polar surface area (TPSA) is 78.9 Å². The summed E-state index contributed by atoms with van der Waals surface area (Å²) in [5.41, 5.74) is 1.44. The second-order valence-electron chi connectivity index (χ2n) is 6.92. The van der Waals surface area contributed by atoms with E-state index in [-0.39, 0.29) is 43.1 Å². The molecule has 3 rings (SSSR count). The highest BCUT2D eigenvalue weighted by Gasteiger charge is 2.26. The summed E-state index contributed by atoms with van der Waals surface area (Å²) < 4.78 is 18.9. The fourth-order valence-electron chi connectivity index (χ4n) is 3.16. The number of anilines is 1. The fraction of sp³-hybridized carbons (Fsp3) is 0.333. The van der Waals surface area contributed by atoms with Gasteiger partial charge in [-0.3, -0.25) is 9.59 Å². The molecule has 2 aromatic rings. The first kappa shape index (κ1) is 19.8. The molecule has 1 aliphatic heterocycles. The van der Waals surface area contributed by atoms with Gasteiger partial charge in [0.15, 0.2) is 5.75 Å². The van der Waals surface area contributed by atoms with Crippen LogP contribution in [0.4, 0.5) is 10.1 Å². The van der Waals surface area contributed by atoms with Crippen molar-refractivity contribution in [3.05, 3.63) is 59.4 Å². The molecule has 2 N–H and O–H groups in total. The summed E-state index contributed by atoms with van der Waals surface area (Å²) >= 11 is 0. The normalized spacial score (nSPS) is 16.6. The van der Waals surface area contributed by atoms with Crippen molar-refractivity contribution in [1.82, 2.24) is 4.90 Å². The van der Waals surface area contributed by atoms with E-state index in [1.54, 1.807) is 35.2 Å². The Morgan fingerprint density at radius 3 is 2.75 bits per heavy atom. The van der Waals surface area contributed by atoms with E-state index in [0.717, 1.165) is 0 Å². The monoisotopic (exact) mass is 386 g/mol. The van der Waals surface area contributed by atoms with Crippen molar-refractivity contribution in [3.8, 4) is 5.75 Å². The Labute approximate surface area is 162 Å². The minimum Gasteiger partial charge on any atom is -0.490 e. The zero-order valence-corrected chi connectivity index (χ0v) is 15.7. The lowest BCUT2D eigenvalue weighted by Gasteiger charge is -2.30. The molecule has 0 fully saturated rings. The van der Waals surface area contributed by atoms with Gasteiger partial charge in [-0.05, 0) is 29.8 Å². The van der Waals surface area contributed by atoms with Gasteiger partial charge >= 0.3 is 0 Å². The van der Waals surface area contributed by atoms with E-state index < -0.39 is 0 Å². The fourth-order valence-corrected chi connectivity index (χ4v) is 3.16. The molecule has 148 valence electrons. The number of rotatable bonds is 5. The van der Waals surface area contributed by atoms with Crippen LogP contribution in [0.25, 0.3) is 0 Å². The third-order valence-corrected chi connectivity index (χ3v) is 4.50. The number of hydrogen-bond acceptors (Lipinski definition) is 4. The summed E-state index contributed by atoms with van der Waals surface area (Å²) in [4.78, 5) is 26.9. The highest BCUT2D eigenvalue weighted by atomic mass is 19.1. The van der Waals surface area contributed by atoms with Crippen LogP contribution in [0.15, 0.2) is 42.5 Å². The largest absolute Gasteiger partial charge is 0.490 e.